The molecule has 0 fully saturated rings. The van der Waals surface area contributed by atoms with E-state index < -0.39 is 23.1 Å². The van der Waals surface area contributed by atoms with E-state index in [2.05, 4.69) is 0 Å². The van der Waals surface area contributed by atoms with Crippen molar-refractivity contribution in [1.82, 2.24) is 0 Å². The van der Waals surface area contributed by atoms with Crippen molar-refractivity contribution in [2.24, 2.45) is 17.4 Å². The number of primary amides is 2. The van der Waals surface area contributed by atoms with E-state index >= 15 is 0 Å². The molecule has 4 N–H and O–H groups in total. The molecule has 1 aromatic carbocycles. The summed E-state index contributed by atoms with van der Waals surface area (Å²) in [4.78, 5) is 23.7. The van der Waals surface area contributed by atoms with Crippen LogP contribution in [0, 0.1) is 5.92 Å². The lowest BCUT2D eigenvalue weighted by molar-refractivity contribution is -0.129. The van der Waals surface area contributed by atoms with Crippen LogP contribution in [0.2, 0.25) is 0 Å². The highest BCUT2D eigenvalue weighted by Gasteiger charge is 2.55. The minimum absolute atomic E-state index is 0.527. The van der Waals surface area contributed by atoms with Crippen molar-refractivity contribution in [1.29, 1.82) is 0 Å². The van der Waals surface area contributed by atoms with E-state index in [4.69, 9.17) is 11.5 Å². The molecule has 0 aromatic heterocycles. The molecule has 0 heterocycles. The molecule has 2 bridgehead atoms. The fraction of sp³-hybridized carbons (Fsp3) is 0.143. The number of amides is 2. The van der Waals surface area contributed by atoms with E-state index in [1.165, 1.54) is 0 Å². The second kappa shape index (κ2) is 3.32. The summed E-state index contributed by atoms with van der Waals surface area (Å²) in [6.07, 6.45) is 5.27. The number of carbonyl (C=O) groups excluding carboxylic acids is 2. The smallest absolute Gasteiger partial charge is 0.233 e. The molecule has 0 radical (unpaired) electrons. The van der Waals surface area contributed by atoms with Crippen molar-refractivity contribution in [3.63, 3.8) is 0 Å². The van der Waals surface area contributed by atoms with Gasteiger partial charge >= 0.3 is 0 Å². The van der Waals surface area contributed by atoms with E-state index in [0.717, 1.165) is 16.7 Å². The Balaban J connectivity index is 2.38. The topological polar surface area (TPSA) is 86.2 Å². The van der Waals surface area contributed by atoms with Gasteiger partial charge < -0.3 is 11.5 Å². The Morgan fingerprint density at radius 1 is 1.17 bits per heavy atom. The van der Waals surface area contributed by atoms with Gasteiger partial charge in [0, 0.05) is 0 Å². The van der Waals surface area contributed by atoms with Crippen LogP contribution in [0.4, 0.5) is 0 Å². The summed E-state index contributed by atoms with van der Waals surface area (Å²) < 4.78 is 0. The van der Waals surface area contributed by atoms with Gasteiger partial charge in [-0.25, -0.2) is 0 Å². The van der Waals surface area contributed by atoms with Crippen molar-refractivity contribution in [3.05, 3.63) is 53.6 Å². The third kappa shape index (κ3) is 1.05. The zero-order valence-corrected chi connectivity index (χ0v) is 9.59. The van der Waals surface area contributed by atoms with Crippen LogP contribution >= 0.6 is 0 Å². The molecule has 90 valence electrons. The number of nitrogens with two attached hydrogens (primary N) is 2. The second-order valence-corrected chi connectivity index (χ2v) is 4.60. The number of hydrogen-bond acceptors (Lipinski definition) is 2. The number of carbonyl (C=O) groups is 2. The lowest BCUT2D eigenvalue weighted by atomic mass is 9.71. The number of fused-ring (bicyclic) bond motifs is 5. The number of rotatable bonds is 2. The van der Waals surface area contributed by atoms with Crippen LogP contribution < -0.4 is 11.5 Å². The first-order valence-electron chi connectivity index (χ1n) is 5.67. The normalized spacial score (nSPS) is 27.6. The lowest BCUT2D eigenvalue weighted by Gasteiger charge is -2.30. The molecule has 3 rings (SSSR count). The molecule has 18 heavy (non-hydrogen) atoms. The van der Waals surface area contributed by atoms with Gasteiger partial charge in [0.25, 0.3) is 0 Å². The maximum absolute atomic E-state index is 11.9. The fourth-order valence-electron chi connectivity index (χ4n) is 3.06. The highest BCUT2D eigenvalue weighted by Crippen LogP contribution is 2.52. The standard InChI is InChI=1S/C14H12N2O2/c15-12(17)11-9-5-3-7-14(11,13(16)18)10-6-2-1-4-8(9)10/h1-7,11H,(H2,15,17)(H2,16,18). The average Bonchev–Trinajstić information content (AvgIpc) is 2.54. The molecule has 2 amide bonds. The Labute approximate surface area is 104 Å². The van der Waals surface area contributed by atoms with E-state index in [1.54, 1.807) is 12.2 Å². The van der Waals surface area contributed by atoms with Crippen LogP contribution in [-0.4, -0.2) is 11.8 Å². The summed E-state index contributed by atoms with van der Waals surface area (Å²) in [6, 6.07) is 7.41. The number of allylic oxidation sites excluding steroid dienone is 2. The summed E-state index contributed by atoms with van der Waals surface area (Å²) in [6.45, 7) is 0. The van der Waals surface area contributed by atoms with Crippen molar-refractivity contribution < 1.29 is 9.59 Å². The van der Waals surface area contributed by atoms with Gasteiger partial charge in [-0.1, -0.05) is 42.5 Å². The van der Waals surface area contributed by atoms with Crippen molar-refractivity contribution in [2.45, 2.75) is 5.41 Å². The van der Waals surface area contributed by atoms with Gasteiger partial charge in [0.2, 0.25) is 11.8 Å². The van der Waals surface area contributed by atoms with E-state index in [1.807, 2.05) is 30.3 Å². The van der Waals surface area contributed by atoms with Crippen molar-refractivity contribution in [2.75, 3.05) is 0 Å². The third-order valence-electron chi connectivity index (χ3n) is 3.78. The van der Waals surface area contributed by atoms with Crippen LogP contribution in [0.15, 0.2) is 42.5 Å². The molecule has 4 nitrogen and oxygen atoms in total. The molecule has 0 spiro atoms. The molecule has 4 heteroatoms. The van der Waals surface area contributed by atoms with E-state index in [0.29, 0.717) is 0 Å². The minimum Gasteiger partial charge on any atom is -0.369 e. The van der Waals surface area contributed by atoms with Gasteiger partial charge in [-0.05, 0) is 16.7 Å². The van der Waals surface area contributed by atoms with Gasteiger partial charge in [0.1, 0.15) is 5.41 Å². The Morgan fingerprint density at radius 2 is 1.89 bits per heavy atom. The Morgan fingerprint density at radius 3 is 2.56 bits per heavy atom. The molecular weight excluding hydrogens is 228 g/mol. The zero-order valence-electron chi connectivity index (χ0n) is 9.59. The summed E-state index contributed by atoms with van der Waals surface area (Å²) in [5.41, 5.74) is 12.3. The molecule has 0 aliphatic heterocycles. The molecule has 2 aliphatic carbocycles. The van der Waals surface area contributed by atoms with Gasteiger partial charge in [0.15, 0.2) is 0 Å². The first kappa shape index (κ1) is 10.8. The molecule has 2 aliphatic rings. The molecule has 2 atom stereocenters. The van der Waals surface area contributed by atoms with Crippen LogP contribution in [0.3, 0.4) is 0 Å². The fourth-order valence-corrected chi connectivity index (χ4v) is 3.06. The molecule has 1 aromatic rings. The maximum atomic E-state index is 11.9. The Bertz CT molecular complexity index is 630. The predicted octanol–water partition coefficient (Wildman–Crippen LogP) is 0.478. The zero-order chi connectivity index (χ0) is 12.9. The highest BCUT2D eigenvalue weighted by atomic mass is 16.2. The van der Waals surface area contributed by atoms with E-state index in [-0.39, 0.29) is 0 Å². The van der Waals surface area contributed by atoms with Gasteiger partial charge in [0.05, 0.1) is 5.92 Å². The van der Waals surface area contributed by atoms with Crippen LogP contribution in [-0.2, 0) is 15.0 Å². The molecular formula is C14H12N2O2. The van der Waals surface area contributed by atoms with Gasteiger partial charge in [-0.3, -0.25) is 9.59 Å². The molecule has 0 saturated heterocycles. The van der Waals surface area contributed by atoms with Crippen LogP contribution in [0.5, 0.6) is 0 Å². The maximum Gasteiger partial charge on any atom is 0.233 e. The third-order valence-corrected chi connectivity index (χ3v) is 3.78. The van der Waals surface area contributed by atoms with E-state index in [9.17, 15) is 9.59 Å². The quantitative estimate of drug-likeness (QED) is 0.787. The van der Waals surface area contributed by atoms with Crippen LogP contribution in [0.25, 0.3) is 5.57 Å². The highest BCUT2D eigenvalue weighted by molar-refractivity contribution is 6.08. The monoisotopic (exact) mass is 240 g/mol. The summed E-state index contributed by atoms with van der Waals surface area (Å²) in [7, 11) is 0. The minimum atomic E-state index is -1.12. The predicted molar refractivity (Wildman–Crippen MR) is 67.1 cm³/mol. The van der Waals surface area contributed by atoms with Gasteiger partial charge in [-0.15, -0.1) is 0 Å². The summed E-state index contributed by atoms with van der Waals surface area (Å²) in [5, 5.41) is 0. The Hall–Kier alpha value is -2.36. The molecule has 2 unspecified atom stereocenters. The number of hydrogen-bond donors (Lipinski definition) is 2. The SMILES string of the molecule is NC(=O)C1C2=CC=CC1(C(N)=O)c1ccccc12. The lowest BCUT2D eigenvalue weighted by Crippen LogP contribution is -2.48. The largest absolute Gasteiger partial charge is 0.369 e. The first-order valence-corrected chi connectivity index (χ1v) is 5.67. The summed E-state index contributed by atoms with van der Waals surface area (Å²) in [5.74, 6) is -1.77. The van der Waals surface area contributed by atoms with Crippen molar-refractivity contribution >= 4 is 17.4 Å². The van der Waals surface area contributed by atoms with Gasteiger partial charge in [-0.2, -0.15) is 0 Å². The average molecular weight is 240 g/mol. The summed E-state index contributed by atoms with van der Waals surface area (Å²) >= 11 is 0. The Kier molecular flexibility index (Phi) is 1.99. The second-order valence-electron chi connectivity index (χ2n) is 4.60. The first-order chi connectivity index (χ1) is 8.59. The molecule has 0 saturated carbocycles. The van der Waals surface area contributed by atoms with Crippen molar-refractivity contribution in [3.8, 4) is 0 Å². The van der Waals surface area contributed by atoms with Crippen LogP contribution in [0.1, 0.15) is 11.1 Å². The number of benzene rings is 1.